The van der Waals surface area contributed by atoms with E-state index in [2.05, 4.69) is 12.2 Å². The summed E-state index contributed by atoms with van der Waals surface area (Å²) >= 11 is 0. The Labute approximate surface area is 146 Å². The summed E-state index contributed by atoms with van der Waals surface area (Å²) in [5, 5.41) is 3.40. The highest BCUT2D eigenvalue weighted by atomic mass is 35.5. The third-order valence-electron chi connectivity index (χ3n) is 4.76. The van der Waals surface area contributed by atoms with Crippen LogP contribution >= 0.6 is 12.4 Å². The molecule has 2 atom stereocenters. The van der Waals surface area contributed by atoms with Gasteiger partial charge in [-0.2, -0.15) is 0 Å². The van der Waals surface area contributed by atoms with Crippen LogP contribution in [0, 0.1) is 5.92 Å². The average Bonchev–Trinajstić information content (AvgIpc) is 2.58. The second-order valence-corrected chi connectivity index (χ2v) is 6.54. The molecule has 0 spiro atoms. The van der Waals surface area contributed by atoms with E-state index in [1.165, 1.54) is 6.42 Å². The molecule has 23 heavy (non-hydrogen) atoms. The number of nitrogens with zero attached hydrogens (tertiary/aromatic N) is 1. The molecule has 2 saturated heterocycles. The van der Waals surface area contributed by atoms with Crippen molar-refractivity contribution in [3.63, 3.8) is 0 Å². The monoisotopic (exact) mass is 348 g/mol. The summed E-state index contributed by atoms with van der Waals surface area (Å²) in [4.78, 5) is 14.4. The van der Waals surface area contributed by atoms with Crippen molar-refractivity contribution < 1.29 is 14.3 Å². The van der Waals surface area contributed by atoms with Crippen LogP contribution in [0.4, 0.5) is 0 Å². The molecule has 0 bridgehead atoms. The van der Waals surface area contributed by atoms with Crippen molar-refractivity contribution in [1.29, 1.82) is 0 Å². The Morgan fingerprint density at radius 1 is 1.30 bits per heavy atom. The van der Waals surface area contributed by atoms with E-state index in [1.54, 1.807) is 0 Å². The molecule has 1 amide bonds. The van der Waals surface area contributed by atoms with E-state index in [-0.39, 0.29) is 30.5 Å². The lowest BCUT2D eigenvalue weighted by Gasteiger charge is -2.34. The van der Waals surface area contributed by atoms with Crippen LogP contribution in [-0.4, -0.2) is 62.4 Å². The Kier molecular flexibility index (Phi) is 10.1. The maximum atomic E-state index is 12.4. The Morgan fingerprint density at radius 3 is 2.65 bits per heavy atom. The van der Waals surface area contributed by atoms with E-state index in [4.69, 9.17) is 9.47 Å². The first-order valence-electron chi connectivity index (χ1n) is 8.93. The van der Waals surface area contributed by atoms with Crippen LogP contribution in [0.25, 0.3) is 0 Å². The van der Waals surface area contributed by atoms with E-state index in [0.717, 1.165) is 58.5 Å². The molecule has 2 fully saturated rings. The highest BCUT2D eigenvalue weighted by Crippen LogP contribution is 2.18. The summed E-state index contributed by atoms with van der Waals surface area (Å²) in [5.74, 6) is 0.841. The Balaban J connectivity index is 0.00000264. The maximum Gasteiger partial charge on any atom is 0.251 e. The van der Waals surface area contributed by atoms with E-state index >= 15 is 0 Å². The zero-order valence-electron chi connectivity index (χ0n) is 14.6. The van der Waals surface area contributed by atoms with E-state index in [0.29, 0.717) is 12.5 Å². The molecular weight excluding hydrogens is 316 g/mol. The Bertz CT molecular complexity index is 330. The van der Waals surface area contributed by atoms with E-state index < -0.39 is 0 Å². The fourth-order valence-corrected chi connectivity index (χ4v) is 3.22. The van der Waals surface area contributed by atoms with Crippen LogP contribution in [0.3, 0.4) is 0 Å². The first kappa shape index (κ1) is 20.7. The van der Waals surface area contributed by atoms with Gasteiger partial charge in [-0.3, -0.25) is 4.79 Å². The number of carbonyl (C=O) groups is 1. The highest BCUT2D eigenvalue weighted by Gasteiger charge is 2.27. The zero-order chi connectivity index (χ0) is 15.8. The van der Waals surface area contributed by atoms with Crippen molar-refractivity contribution in [2.45, 2.75) is 58.2 Å². The first-order valence-corrected chi connectivity index (χ1v) is 8.93. The fraction of sp³-hybridized carbons (Fsp3) is 0.941. The van der Waals surface area contributed by atoms with Crippen LogP contribution < -0.4 is 5.32 Å². The second-order valence-electron chi connectivity index (χ2n) is 6.54. The Hall–Kier alpha value is -0.360. The molecule has 2 aliphatic heterocycles. The molecule has 0 aromatic carbocycles. The molecule has 2 rings (SSSR count). The lowest BCUT2D eigenvalue weighted by molar-refractivity contribution is -0.147. The minimum atomic E-state index is -0.351. The van der Waals surface area contributed by atoms with Crippen molar-refractivity contribution in [2.24, 2.45) is 5.92 Å². The molecule has 0 aromatic rings. The number of ether oxygens (including phenoxy) is 2. The molecule has 1 N–H and O–H groups in total. The Morgan fingerprint density at radius 2 is 2.04 bits per heavy atom. The molecule has 0 radical (unpaired) electrons. The number of amides is 1. The number of nitrogens with one attached hydrogen (secondary N) is 1. The first-order chi connectivity index (χ1) is 10.7. The van der Waals surface area contributed by atoms with Crippen LogP contribution in [0.15, 0.2) is 0 Å². The van der Waals surface area contributed by atoms with Crippen molar-refractivity contribution >= 4 is 18.3 Å². The van der Waals surface area contributed by atoms with Crippen LogP contribution in [0.2, 0.25) is 0 Å². The molecule has 5 nitrogen and oxygen atoms in total. The molecule has 2 unspecified atom stereocenters. The molecule has 136 valence electrons. The van der Waals surface area contributed by atoms with Crippen LogP contribution in [0.1, 0.15) is 46.0 Å². The third kappa shape index (κ3) is 6.96. The fourth-order valence-electron chi connectivity index (χ4n) is 3.22. The average molecular weight is 349 g/mol. The summed E-state index contributed by atoms with van der Waals surface area (Å²) in [5.41, 5.74) is 0. The minimum absolute atomic E-state index is 0. The molecule has 0 saturated carbocycles. The van der Waals surface area contributed by atoms with Crippen LogP contribution in [-0.2, 0) is 14.3 Å². The van der Waals surface area contributed by atoms with Gasteiger partial charge in [0.15, 0.2) is 0 Å². The van der Waals surface area contributed by atoms with Gasteiger partial charge in [-0.25, -0.2) is 0 Å². The number of halogens is 1. The molecule has 0 aromatic heterocycles. The van der Waals surface area contributed by atoms with E-state index in [1.807, 2.05) is 11.8 Å². The molecule has 2 aliphatic rings. The van der Waals surface area contributed by atoms with Gasteiger partial charge in [0.2, 0.25) is 0 Å². The van der Waals surface area contributed by atoms with Gasteiger partial charge in [0.1, 0.15) is 6.10 Å². The van der Waals surface area contributed by atoms with Gasteiger partial charge in [-0.1, -0.05) is 6.92 Å². The predicted octanol–water partition coefficient (Wildman–Crippen LogP) is 2.23. The number of rotatable bonds is 7. The number of piperidine rings is 1. The quantitative estimate of drug-likeness (QED) is 0.766. The lowest BCUT2D eigenvalue weighted by atomic mass is 9.96. The second kappa shape index (κ2) is 11.2. The number of hydrogen-bond acceptors (Lipinski definition) is 4. The van der Waals surface area contributed by atoms with Crippen LogP contribution in [0.5, 0.6) is 0 Å². The number of carbonyl (C=O) groups excluding carboxylic acids is 1. The smallest absolute Gasteiger partial charge is 0.251 e. The highest BCUT2D eigenvalue weighted by molar-refractivity contribution is 5.85. The summed E-state index contributed by atoms with van der Waals surface area (Å²) in [6.07, 6.45) is 5.42. The van der Waals surface area contributed by atoms with Crippen molar-refractivity contribution in [2.75, 3.05) is 39.4 Å². The summed E-state index contributed by atoms with van der Waals surface area (Å²) in [7, 11) is 0. The third-order valence-corrected chi connectivity index (χ3v) is 4.76. The van der Waals surface area contributed by atoms with Gasteiger partial charge < -0.3 is 19.7 Å². The largest absolute Gasteiger partial charge is 0.376 e. The van der Waals surface area contributed by atoms with Gasteiger partial charge in [0, 0.05) is 19.7 Å². The van der Waals surface area contributed by atoms with E-state index in [9.17, 15) is 4.79 Å². The van der Waals surface area contributed by atoms with Gasteiger partial charge in [-0.05, 0) is 58.0 Å². The topological polar surface area (TPSA) is 50.8 Å². The molecular formula is C17H33ClN2O3. The predicted molar refractivity (Wildman–Crippen MR) is 94.1 cm³/mol. The minimum Gasteiger partial charge on any atom is -0.376 e. The number of likely N-dealkylation sites (tertiary alicyclic amines) is 1. The molecule has 0 aliphatic carbocycles. The summed E-state index contributed by atoms with van der Waals surface area (Å²) in [6.45, 7) is 9.20. The van der Waals surface area contributed by atoms with Crippen molar-refractivity contribution in [3.05, 3.63) is 0 Å². The van der Waals surface area contributed by atoms with Gasteiger partial charge in [0.05, 0.1) is 12.7 Å². The van der Waals surface area contributed by atoms with Crippen molar-refractivity contribution in [3.8, 4) is 0 Å². The number of hydrogen-bond donors (Lipinski definition) is 1. The maximum absolute atomic E-state index is 12.4. The lowest BCUT2D eigenvalue weighted by Crippen LogP contribution is -2.45. The zero-order valence-corrected chi connectivity index (χ0v) is 15.4. The van der Waals surface area contributed by atoms with Gasteiger partial charge >= 0.3 is 0 Å². The summed E-state index contributed by atoms with van der Waals surface area (Å²) in [6, 6.07) is 0. The summed E-state index contributed by atoms with van der Waals surface area (Å²) < 4.78 is 11.4. The normalized spacial score (nSPS) is 24.1. The van der Waals surface area contributed by atoms with Crippen molar-refractivity contribution in [1.82, 2.24) is 10.2 Å². The van der Waals surface area contributed by atoms with Gasteiger partial charge in [-0.15, -0.1) is 12.4 Å². The standard InChI is InChI=1S/C17H32N2O3.ClH/c1-3-18-12-15-7-9-19(10-8-15)17(20)14(2)22-13-16-6-4-5-11-21-16;/h14-16,18H,3-13H2,1-2H3;1H. The molecule has 6 heteroatoms. The van der Waals surface area contributed by atoms with Gasteiger partial charge in [0.25, 0.3) is 5.91 Å². The molecule has 2 heterocycles. The SMILES string of the molecule is CCNCC1CCN(C(=O)C(C)OCC2CCCCO2)CC1.Cl.